The summed E-state index contributed by atoms with van der Waals surface area (Å²) in [4.78, 5) is 10.2. The number of halogens is 1. The average molecular weight is 372 g/mol. The molecule has 0 fully saturated rings. The first-order valence-corrected chi connectivity index (χ1v) is 8.61. The Hall–Kier alpha value is -2.36. The molecule has 0 heterocycles. The van der Waals surface area contributed by atoms with Gasteiger partial charge in [-0.3, -0.25) is 14.8 Å². The molecule has 0 saturated heterocycles. The summed E-state index contributed by atoms with van der Waals surface area (Å²) in [5.41, 5.74) is 0.0335. The van der Waals surface area contributed by atoms with Crippen LogP contribution in [0.2, 0.25) is 5.02 Å². The Bertz CT molecular complexity index is 857. The molecule has 0 saturated carbocycles. The molecule has 2 rings (SSSR count). The van der Waals surface area contributed by atoms with Gasteiger partial charge in [-0.05, 0) is 24.3 Å². The summed E-state index contributed by atoms with van der Waals surface area (Å²) in [5.74, 6) is 0. The SMILES string of the molecule is O=[N+]([O-])c1ccc(NCCO)c(NS(=O)(=O)c2cccc(Cl)c2)c1. The van der Waals surface area contributed by atoms with Gasteiger partial charge in [-0.2, -0.15) is 0 Å². The number of hydrogen-bond donors (Lipinski definition) is 3. The summed E-state index contributed by atoms with van der Waals surface area (Å²) in [6, 6.07) is 9.33. The van der Waals surface area contributed by atoms with Crippen LogP contribution in [-0.4, -0.2) is 31.6 Å². The highest BCUT2D eigenvalue weighted by Crippen LogP contribution is 2.29. The average Bonchev–Trinajstić information content (AvgIpc) is 2.53. The molecule has 0 atom stereocenters. The molecule has 0 aliphatic carbocycles. The lowest BCUT2D eigenvalue weighted by molar-refractivity contribution is -0.384. The van der Waals surface area contributed by atoms with Gasteiger partial charge in [-0.15, -0.1) is 0 Å². The highest BCUT2D eigenvalue weighted by Gasteiger charge is 2.19. The van der Waals surface area contributed by atoms with Gasteiger partial charge in [0.05, 0.1) is 27.8 Å². The van der Waals surface area contributed by atoms with Gasteiger partial charge in [0.1, 0.15) is 0 Å². The number of benzene rings is 2. The second-order valence-corrected chi connectivity index (χ2v) is 6.82. The van der Waals surface area contributed by atoms with Crippen molar-refractivity contribution in [1.29, 1.82) is 0 Å². The highest BCUT2D eigenvalue weighted by molar-refractivity contribution is 7.92. The van der Waals surface area contributed by atoms with Gasteiger partial charge in [-0.25, -0.2) is 8.42 Å². The molecule has 0 aliphatic rings. The maximum Gasteiger partial charge on any atom is 0.271 e. The number of nitro groups is 1. The molecular weight excluding hydrogens is 358 g/mol. The smallest absolute Gasteiger partial charge is 0.271 e. The Morgan fingerprint density at radius 3 is 2.54 bits per heavy atom. The molecule has 2 aromatic rings. The van der Waals surface area contributed by atoms with Crippen LogP contribution in [0.25, 0.3) is 0 Å². The number of hydrogen-bond acceptors (Lipinski definition) is 6. The van der Waals surface area contributed by atoms with Crippen molar-refractivity contribution in [3.05, 3.63) is 57.6 Å². The van der Waals surface area contributed by atoms with Gasteiger partial charge in [-0.1, -0.05) is 17.7 Å². The fourth-order valence-corrected chi connectivity index (χ4v) is 3.28. The van der Waals surface area contributed by atoms with E-state index in [1.54, 1.807) is 0 Å². The number of aliphatic hydroxyl groups excluding tert-OH is 1. The maximum atomic E-state index is 12.4. The van der Waals surface area contributed by atoms with Crippen molar-refractivity contribution in [3.8, 4) is 0 Å². The Labute approximate surface area is 143 Å². The summed E-state index contributed by atoms with van der Waals surface area (Å²) >= 11 is 5.80. The number of sulfonamides is 1. The van der Waals surface area contributed by atoms with Crippen LogP contribution in [0.1, 0.15) is 0 Å². The van der Waals surface area contributed by atoms with Crippen LogP contribution in [0, 0.1) is 10.1 Å². The predicted octanol–water partition coefficient (Wildman–Crippen LogP) is 2.45. The lowest BCUT2D eigenvalue weighted by Gasteiger charge is -2.14. The molecule has 0 aliphatic heterocycles. The fourth-order valence-electron chi connectivity index (χ4n) is 1.91. The van der Waals surface area contributed by atoms with Crippen molar-refractivity contribution in [2.45, 2.75) is 4.90 Å². The topological polar surface area (TPSA) is 122 Å². The first kappa shape index (κ1) is 18.0. The first-order chi connectivity index (χ1) is 11.3. The van der Waals surface area contributed by atoms with Gasteiger partial charge >= 0.3 is 0 Å². The fraction of sp³-hybridized carbons (Fsp3) is 0.143. The Morgan fingerprint density at radius 1 is 1.17 bits per heavy atom. The van der Waals surface area contributed by atoms with E-state index in [1.807, 2.05) is 0 Å². The van der Waals surface area contributed by atoms with E-state index in [4.69, 9.17) is 16.7 Å². The van der Waals surface area contributed by atoms with E-state index in [2.05, 4.69) is 10.0 Å². The quantitative estimate of drug-likeness (QED) is 0.507. The van der Waals surface area contributed by atoms with Gasteiger partial charge in [0, 0.05) is 23.7 Å². The molecule has 8 nitrogen and oxygen atoms in total. The zero-order chi connectivity index (χ0) is 17.7. The van der Waals surface area contributed by atoms with Gasteiger partial charge in [0.2, 0.25) is 0 Å². The molecule has 0 radical (unpaired) electrons. The third-order valence-electron chi connectivity index (χ3n) is 2.99. The van der Waals surface area contributed by atoms with Crippen LogP contribution >= 0.6 is 11.6 Å². The molecule has 0 aromatic heterocycles. The van der Waals surface area contributed by atoms with Crippen LogP contribution in [0.3, 0.4) is 0 Å². The number of non-ortho nitro benzene ring substituents is 1. The minimum atomic E-state index is -3.99. The molecule has 3 N–H and O–H groups in total. The number of aliphatic hydroxyl groups is 1. The zero-order valence-corrected chi connectivity index (χ0v) is 13.8. The monoisotopic (exact) mass is 371 g/mol. The van der Waals surface area contributed by atoms with Crippen molar-refractivity contribution >= 4 is 38.7 Å². The van der Waals surface area contributed by atoms with E-state index in [1.165, 1.54) is 36.4 Å². The van der Waals surface area contributed by atoms with Crippen LogP contribution < -0.4 is 10.0 Å². The van der Waals surface area contributed by atoms with E-state index >= 15 is 0 Å². The van der Waals surface area contributed by atoms with Crippen LogP contribution in [0.15, 0.2) is 47.4 Å². The van der Waals surface area contributed by atoms with Crippen LogP contribution in [-0.2, 0) is 10.0 Å². The zero-order valence-electron chi connectivity index (χ0n) is 12.3. The van der Waals surface area contributed by atoms with E-state index < -0.39 is 14.9 Å². The minimum Gasteiger partial charge on any atom is -0.395 e. The van der Waals surface area contributed by atoms with E-state index in [0.29, 0.717) is 5.69 Å². The van der Waals surface area contributed by atoms with E-state index in [0.717, 1.165) is 6.07 Å². The summed E-state index contributed by atoms with van der Waals surface area (Å²) < 4.78 is 27.2. The van der Waals surface area contributed by atoms with Crippen molar-refractivity contribution in [3.63, 3.8) is 0 Å². The Kier molecular flexibility index (Phi) is 5.60. The second-order valence-electron chi connectivity index (χ2n) is 4.70. The van der Waals surface area contributed by atoms with E-state index in [-0.39, 0.29) is 34.4 Å². The minimum absolute atomic E-state index is 0.00220. The summed E-state index contributed by atoms with van der Waals surface area (Å²) in [5, 5.41) is 22.8. The lowest BCUT2D eigenvalue weighted by Crippen LogP contribution is -2.15. The molecule has 0 bridgehead atoms. The number of rotatable bonds is 7. The molecule has 24 heavy (non-hydrogen) atoms. The standard InChI is InChI=1S/C14H14ClN3O5S/c15-10-2-1-3-12(8-10)24(22,23)17-14-9-11(18(20)21)4-5-13(14)16-6-7-19/h1-5,8-9,16-17,19H,6-7H2. The summed E-state index contributed by atoms with van der Waals surface area (Å²) in [6.07, 6.45) is 0. The van der Waals surface area contributed by atoms with Crippen LogP contribution in [0.4, 0.5) is 17.1 Å². The third kappa shape index (κ3) is 4.34. The van der Waals surface area contributed by atoms with Gasteiger partial charge in [0.15, 0.2) is 0 Å². The number of nitro benzene ring substituents is 1. The molecule has 128 valence electrons. The molecule has 10 heteroatoms. The Morgan fingerprint density at radius 2 is 1.92 bits per heavy atom. The number of anilines is 2. The Balaban J connectivity index is 2.42. The van der Waals surface area contributed by atoms with E-state index in [9.17, 15) is 18.5 Å². The predicted molar refractivity (Wildman–Crippen MR) is 90.9 cm³/mol. The van der Waals surface area contributed by atoms with Crippen LogP contribution in [0.5, 0.6) is 0 Å². The first-order valence-electron chi connectivity index (χ1n) is 6.75. The highest BCUT2D eigenvalue weighted by atomic mass is 35.5. The second kappa shape index (κ2) is 7.47. The largest absolute Gasteiger partial charge is 0.395 e. The van der Waals surface area contributed by atoms with Crippen molar-refractivity contribution < 1.29 is 18.4 Å². The van der Waals surface area contributed by atoms with Crippen molar-refractivity contribution in [2.24, 2.45) is 0 Å². The van der Waals surface area contributed by atoms with Gasteiger partial charge in [0.25, 0.3) is 15.7 Å². The van der Waals surface area contributed by atoms with Crippen molar-refractivity contribution in [2.75, 3.05) is 23.2 Å². The third-order valence-corrected chi connectivity index (χ3v) is 4.59. The summed E-state index contributed by atoms with van der Waals surface area (Å²) in [7, 11) is -3.99. The molecular formula is C14H14ClN3O5S. The number of nitrogens with one attached hydrogen (secondary N) is 2. The molecule has 0 spiro atoms. The molecule has 0 unspecified atom stereocenters. The molecule has 2 aromatic carbocycles. The normalized spacial score (nSPS) is 11.1. The maximum absolute atomic E-state index is 12.4. The summed E-state index contributed by atoms with van der Waals surface area (Å²) in [6.45, 7) is -0.0266. The molecule has 0 amide bonds. The lowest BCUT2D eigenvalue weighted by atomic mass is 10.2. The van der Waals surface area contributed by atoms with Crippen molar-refractivity contribution in [1.82, 2.24) is 0 Å². The van der Waals surface area contributed by atoms with Gasteiger partial charge < -0.3 is 10.4 Å². The number of nitrogens with zero attached hydrogens (tertiary/aromatic N) is 1.